The van der Waals surface area contributed by atoms with E-state index in [-0.39, 0.29) is 16.4 Å². The van der Waals surface area contributed by atoms with Crippen molar-refractivity contribution in [1.29, 1.82) is 0 Å². The van der Waals surface area contributed by atoms with Crippen LogP contribution in [0.3, 0.4) is 0 Å². The Morgan fingerprint density at radius 3 is 2.44 bits per heavy atom. The smallest absolute Gasteiger partial charge is 0.336 e. The standard InChI is InChI=1S/C26H38O5Si/c1-10-12-16-15-19(28)29-24-20(16)22-17(13-14-26(6,7)30-22)23(21(24)18(27)11-2)31-32(8,9)25(3,4)5/h15H,10-14H2,1-9H3. The fourth-order valence-electron chi connectivity index (χ4n) is 3.98. The van der Waals surface area contributed by atoms with Crippen molar-refractivity contribution in [2.24, 2.45) is 0 Å². The van der Waals surface area contributed by atoms with Crippen molar-refractivity contribution < 1.29 is 18.4 Å². The lowest BCUT2D eigenvalue weighted by Gasteiger charge is -2.40. The first-order chi connectivity index (χ1) is 14.7. The van der Waals surface area contributed by atoms with Crippen LogP contribution >= 0.6 is 0 Å². The molecule has 5 nitrogen and oxygen atoms in total. The minimum atomic E-state index is -2.29. The van der Waals surface area contributed by atoms with Gasteiger partial charge in [0.2, 0.25) is 0 Å². The topological polar surface area (TPSA) is 65.7 Å². The zero-order valence-electron chi connectivity index (χ0n) is 21.2. The molecular formula is C26H38O5Si. The quantitative estimate of drug-likeness (QED) is 0.270. The monoisotopic (exact) mass is 458 g/mol. The van der Waals surface area contributed by atoms with Crippen LogP contribution < -0.4 is 14.8 Å². The van der Waals surface area contributed by atoms with Gasteiger partial charge in [-0.2, -0.15) is 0 Å². The van der Waals surface area contributed by atoms with E-state index in [1.165, 1.54) is 0 Å². The molecule has 3 rings (SSSR count). The maximum absolute atomic E-state index is 13.3. The highest BCUT2D eigenvalue weighted by Crippen LogP contribution is 2.50. The van der Waals surface area contributed by atoms with Gasteiger partial charge >= 0.3 is 5.63 Å². The number of ether oxygens (including phenoxy) is 1. The van der Waals surface area contributed by atoms with E-state index in [0.717, 1.165) is 35.8 Å². The highest BCUT2D eigenvalue weighted by Gasteiger charge is 2.42. The Labute approximate surface area is 192 Å². The summed E-state index contributed by atoms with van der Waals surface area (Å²) in [6, 6.07) is 1.55. The summed E-state index contributed by atoms with van der Waals surface area (Å²) in [6.07, 6.45) is 3.45. The summed E-state index contributed by atoms with van der Waals surface area (Å²) in [5.41, 5.74) is 1.73. The van der Waals surface area contributed by atoms with Gasteiger partial charge in [-0.1, -0.05) is 41.0 Å². The zero-order chi connectivity index (χ0) is 24.1. The number of rotatable bonds is 6. The maximum atomic E-state index is 13.3. The number of fused-ring (bicyclic) bond motifs is 3. The molecule has 1 aromatic heterocycles. The molecule has 1 aliphatic rings. The molecule has 6 heteroatoms. The SMILES string of the molecule is CCCc1cc(=O)oc2c(C(=O)CC)c(O[Si](C)(C)C(C)(C)C)c3c(c12)OC(C)(C)CC3. The van der Waals surface area contributed by atoms with Gasteiger partial charge in [0.05, 0.1) is 5.39 Å². The van der Waals surface area contributed by atoms with E-state index in [4.69, 9.17) is 13.6 Å². The fourth-order valence-corrected chi connectivity index (χ4v) is 5.03. The van der Waals surface area contributed by atoms with Crippen LogP contribution in [0.1, 0.15) is 89.2 Å². The summed E-state index contributed by atoms with van der Waals surface area (Å²) in [4.78, 5) is 25.9. The molecule has 32 heavy (non-hydrogen) atoms. The molecule has 1 aromatic carbocycles. The van der Waals surface area contributed by atoms with E-state index in [1.807, 2.05) is 6.92 Å². The molecule has 0 saturated heterocycles. The minimum Gasteiger partial charge on any atom is -0.543 e. The van der Waals surface area contributed by atoms with E-state index in [2.05, 4.69) is 54.6 Å². The Bertz CT molecular complexity index is 1100. The van der Waals surface area contributed by atoms with Crippen LogP contribution in [-0.2, 0) is 12.8 Å². The van der Waals surface area contributed by atoms with Crippen molar-refractivity contribution >= 4 is 25.1 Å². The van der Waals surface area contributed by atoms with Crippen LogP contribution in [-0.4, -0.2) is 19.7 Å². The van der Waals surface area contributed by atoms with Crippen molar-refractivity contribution in [1.82, 2.24) is 0 Å². The lowest BCUT2D eigenvalue weighted by Crippen LogP contribution is -2.44. The number of ketones is 1. The van der Waals surface area contributed by atoms with Gasteiger partial charge in [-0.25, -0.2) is 4.79 Å². The lowest BCUT2D eigenvalue weighted by molar-refractivity contribution is 0.0858. The normalized spacial score (nSPS) is 15.9. The van der Waals surface area contributed by atoms with Gasteiger partial charge in [0.1, 0.15) is 22.7 Å². The first kappa shape index (κ1) is 24.6. The van der Waals surface area contributed by atoms with Crippen LogP contribution in [0.5, 0.6) is 11.5 Å². The molecule has 0 N–H and O–H groups in total. The summed E-state index contributed by atoms with van der Waals surface area (Å²) in [7, 11) is -2.29. The number of hydrogen-bond donors (Lipinski definition) is 0. The van der Waals surface area contributed by atoms with E-state index in [1.54, 1.807) is 6.07 Å². The van der Waals surface area contributed by atoms with Gasteiger partial charge in [0.15, 0.2) is 11.4 Å². The summed E-state index contributed by atoms with van der Waals surface area (Å²) in [6.45, 7) is 18.9. The third kappa shape index (κ3) is 4.38. The van der Waals surface area contributed by atoms with Gasteiger partial charge in [-0.3, -0.25) is 4.79 Å². The second-order valence-corrected chi connectivity index (χ2v) is 15.8. The molecule has 0 aliphatic carbocycles. The Morgan fingerprint density at radius 2 is 1.88 bits per heavy atom. The highest BCUT2D eigenvalue weighted by atomic mass is 28.4. The molecule has 0 spiro atoms. The molecule has 2 heterocycles. The second kappa shape index (κ2) is 8.36. The van der Waals surface area contributed by atoms with E-state index < -0.39 is 13.9 Å². The van der Waals surface area contributed by atoms with Crippen LogP contribution in [0.4, 0.5) is 0 Å². The van der Waals surface area contributed by atoms with Crippen molar-refractivity contribution in [3.63, 3.8) is 0 Å². The first-order valence-electron chi connectivity index (χ1n) is 11.8. The summed E-state index contributed by atoms with van der Waals surface area (Å²) in [5, 5.41) is 0.703. The van der Waals surface area contributed by atoms with Gasteiger partial charge in [0.25, 0.3) is 8.32 Å². The van der Waals surface area contributed by atoms with Crippen LogP contribution in [0.25, 0.3) is 11.0 Å². The second-order valence-electron chi connectivity index (χ2n) is 11.1. The Morgan fingerprint density at radius 1 is 1.22 bits per heavy atom. The average molecular weight is 459 g/mol. The average Bonchev–Trinajstić information content (AvgIpc) is 2.65. The summed E-state index contributed by atoms with van der Waals surface area (Å²) >= 11 is 0. The van der Waals surface area contributed by atoms with Gasteiger partial charge < -0.3 is 13.6 Å². The number of hydrogen-bond acceptors (Lipinski definition) is 5. The lowest BCUT2D eigenvalue weighted by atomic mass is 9.88. The molecular weight excluding hydrogens is 420 g/mol. The molecule has 0 atom stereocenters. The van der Waals surface area contributed by atoms with Crippen molar-refractivity contribution in [2.75, 3.05) is 0 Å². The Balaban J connectivity index is 2.50. The third-order valence-electron chi connectivity index (χ3n) is 6.91. The zero-order valence-corrected chi connectivity index (χ0v) is 22.2. The van der Waals surface area contributed by atoms with Crippen LogP contribution in [0, 0.1) is 0 Å². The van der Waals surface area contributed by atoms with Gasteiger partial charge in [0, 0.05) is 18.1 Å². The van der Waals surface area contributed by atoms with Crippen molar-refractivity contribution in [2.45, 2.75) is 104 Å². The van der Waals surface area contributed by atoms with E-state index in [9.17, 15) is 9.59 Å². The molecule has 0 fully saturated rings. The van der Waals surface area contributed by atoms with E-state index >= 15 is 0 Å². The predicted octanol–water partition coefficient (Wildman–Crippen LogP) is 6.83. The maximum Gasteiger partial charge on any atom is 0.336 e. The molecule has 0 bridgehead atoms. The molecule has 0 amide bonds. The molecule has 0 unspecified atom stereocenters. The largest absolute Gasteiger partial charge is 0.543 e. The molecule has 0 radical (unpaired) electrons. The summed E-state index contributed by atoms with van der Waals surface area (Å²) in [5.74, 6) is 1.20. The number of carbonyl (C=O) groups is 1. The summed E-state index contributed by atoms with van der Waals surface area (Å²) < 4.78 is 19.1. The first-order valence-corrected chi connectivity index (χ1v) is 14.7. The fraction of sp³-hybridized carbons (Fsp3) is 0.615. The molecule has 0 saturated carbocycles. The number of carbonyl (C=O) groups excluding carboxylic acids is 1. The van der Waals surface area contributed by atoms with Gasteiger partial charge in [-0.15, -0.1) is 0 Å². The Kier molecular flexibility index (Phi) is 6.42. The number of aryl methyl sites for hydroxylation is 1. The number of Topliss-reactive ketones (excluding diaryl/α,β-unsaturated/α-hetero) is 1. The van der Waals surface area contributed by atoms with Gasteiger partial charge in [-0.05, 0) is 56.8 Å². The number of benzene rings is 1. The molecule has 176 valence electrons. The minimum absolute atomic E-state index is 0.0545. The van der Waals surface area contributed by atoms with E-state index in [0.29, 0.717) is 35.5 Å². The Hall–Kier alpha value is -2.08. The highest BCUT2D eigenvalue weighted by molar-refractivity contribution is 6.74. The van der Waals surface area contributed by atoms with Crippen molar-refractivity contribution in [3.05, 3.63) is 33.2 Å². The van der Waals surface area contributed by atoms with Crippen molar-refractivity contribution in [3.8, 4) is 11.5 Å². The van der Waals surface area contributed by atoms with Crippen LogP contribution in [0.2, 0.25) is 18.1 Å². The molecule has 2 aromatic rings. The predicted molar refractivity (Wildman–Crippen MR) is 132 cm³/mol. The third-order valence-corrected chi connectivity index (χ3v) is 11.2. The molecule has 1 aliphatic heterocycles. The van der Waals surface area contributed by atoms with Crippen LogP contribution in [0.15, 0.2) is 15.3 Å².